The van der Waals surface area contributed by atoms with Crippen molar-refractivity contribution in [2.45, 2.75) is 0 Å². The quantitative estimate of drug-likeness (QED) is 0.806. The minimum atomic E-state index is -0.547. The molecule has 2 heterocycles. The summed E-state index contributed by atoms with van der Waals surface area (Å²) in [7, 11) is 1.72. The van der Waals surface area contributed by atoms with Crippen LogP contribution in [0.25, 0.3) is 0 Å². The number of hydrogen-bond donors (Lipinski definition) is 2. The Bertz CT molecular complexity index is 671. The van der Waals surface area contributed by atoms with Gasteiger partial charge >= 0.3 is 0 Å². The van der Waals surface area contributed by atoms with Crippen LogP contribution in [0.5, 0.6) is 0 Å². The average molecular weight is 358 g/mol. The van der Waals surface area contributed by atoms with Gasteiger partial charge in [-0.25, -0.2) is 0 Å². The number of nitrogens with zero attached hydrogens (tertiary/aromatic N) is 2. The van der Waals surface area contributed by atoms with Crippen molar-refractivity contribution in [1.29, 1.82) is 0 Å². The number of carbonyl (C=O) groups is 2. The van der Waals surface area contributed by atoms with E-state index in [0.29, 0.717) is 10.7 Å². The van der Waals surface area contributed by atoms with Gasteiger partial charge in [0.15, 0.2) is 0 Å². The molecule has 0 saturated heterocycles. The molecular formula is C12H10BrClN4O2. The van der Waals surface area contributed by atoms with Crippen LogP contribution in [0.1, 0.15) is 21.0 Å². The van der Waals surface area contributed by atoms with Crippen LogP contribution in [0.2, 0.25) is 5.02 Å². The molecule has 0 aliphatic rings. The summed E-state index contributed by atoms with van der Waals surface area (Å²) in [6.07, 6.45) is 3.14. The number of rotatable bonds is 2. The zero-order valence-electron chi connectivity index (χ0n) is 10.4. The van der Waals surface area contributed by atoms with Crippen LogP contribution in [-0.2, 0) is 7.05 Å². The largest absolute Gasteiger partial charge is 0.345 e. The fourth-order valence-corrected chi connectivity index (χ4v) is 2.20. The Hall–Kier alpha value is -1.86. The standard InChI is InChI=1S/C12H10BrClN4O2/c1-18-6-7(13)4-10(18)12(20)17-16-11(19)9-5-8(14)2-3-15-9/h2-6H,1H3,(H,16,19)(H,17,20). The van der Waals surface area contributed by atoms with Crippen LogP contribution in [-0.4, -0.2) is 21.4 Å². The van der Waals surface area contributed by atoms with E-state index in [2.05, 4.69) is 31.8 Å². The van der Waals surface area contributed by atoms with E-state index >= 15 is 0 Å². The van der Waals surface area contributed by atoms with Crippen molar-refractivity contribution in [3.63, 3.8) is 0 Å². The van der Waals surface area contributed by atoms with Gasteiger partial charge in [0.05, 0.1) is 0 Å². The Morgan fingerprint density at radius 3 is 2.60 bits per heavy atom. The van der Waals surface area contributed by atoms with Gasteiger partial charge in [-0.15, -0.1) is 0 Å². The lowest BCUT2D eigenvalue weighted by atomic mass is 10.3. The molecule has 0 unspecified atom stereocenters. The van der Waals surface area contributed by atoms with Crippen LogP contribution in [0, 0.1) is 0 Å². The molecule has 6 nitrogen and oxygen atoms in total. The van der Waals surface area contributed by atoms with Crippen molar-refractivity contribution in [2.75, 3.05) is 0 Å². The van der Waals surface area contributed by atoms with Crippen molar-refractivity contribution in [3.05, 3.63) is 51.5 Å². The number of aryl methyl sites for hydroxylation is 1. The number of amides is 2. The first kappa shape index (κ1) is 14.5. The molecule has 0 radical (unpaired) electrons. The van der Waals surface area contributed by atoms with E-state index in [1.54, 1.807) is 29.9 Å². The average Bonchev–Trinajstić information content (AvgIpc) is 2.74. The molecule has 8 heteroatoms. The van der Waals surface area contributed by atoms with Gasteiger partial charge < -0.3 is 4.57 Å². The van der Waals surface area contributed by atoms with Crippen LogP contribution >= 0.6 is 27.5 Å². The highest BCUT2D eigenvalue weighted by molar-refractivity contribution is 9.10. The Labute approximate surface area is 128 Å². The van der Waals surface area contributed by atoms with Gasteiger partial charge in [-0.2, -0.15) is 0 Å². The molecule has 0 saturated carbocycles. The summed E-state index contributed by atoms with van der Waals surface area (Å²) in [4.78, 5) is 27.5. The molecule has 2 amide bonds. The summed E-state index contributed by atoms with van der Waals surface area (Å²) in [5.74, 6) is -0.984. The Balaban J connectivity index is 2.00. The lowest BCUT2D eigenvalue weighted by Gasteiger charge is -2.07. The molecule has 0 atom stereocenters. The van der Waals surface area contributed by atoms with Crippen molar-refractivity contribution < 1.29 is 9.59 Å². The van der Waals surface area contributed by atoms with E-state index in [-0.39, 0.29) is 5.69 Å². The molecule has 0 spiro atoms. The zero-order valence-corrected chi connectivity index (χ0v) is 12.7. The first-order valence-electron chi connectivity index (χ1n) is 5.51. The highest BCUT2D eigenvalue weighted by atomic mass is 79.9. The third-order valence-electron chi connectivity index (χ3n) is 2.45. The second-order valence-corrected chi connectivity index (χ2v) is 5.27. The van der Waals surface area contributed by atoms with Gasteiger partial charge in [-0.05, 0) is 34.1 Å². The number of pyridine rings is 1. The molecule has 104 valence electrons. The van der Waals surface area contributed by atoms with Crippen molar-refractivity contribution >= 4 is 39.3 Å². The van der Waals surface area contributed by atoms with E-state index in [4.69, 9.17) is 11.6 Å². The van der Waals surface area contributed by atoms with Gasteiger partial charge in [-0.1, -0.05) is 11.6 Å². The maximum absolute atomic E-state index is 11.9. The monoisotopic (exact) mass is 356 g/mol. The maximum atomic E-state index is 11.9. The first-order valence-corrected chi connectivity index (χ1v) is 6.68. The highest BCUT2D eigenvalue weighted by Gasteiger charge is 2.13. The minimum absolute atomic E-state index is 0.117. The SMILES string of the molecule is Cn1cc(Br)cc1C(=O)NNC(=O)c1cc(Cl)ccn1. The van der Waals surface area contributed by atoms with E-state index < -0.39 is 11.8 Å². The number of hydrazine groups is 1. The zero-order chi connectivity index (χ0) is 14.7. The Morgan fingerprint density at radius 2 is 2.00 bits per heavy atom. The van der Waals surface area contributed by atoms with E-state index in [9.17, 15) is 9.59 Å². The normalized spacial score (nSPS) is 10.2. The molecule has 0 aliphatic carbocycles. The lowest BCUT2D eigenvalue weighted by Crippen LogP contribution is -2.42. The van der Waals surface area contributed by atoms with Crippen molar-refractivity contribution in [3.8, 4) is 0 Å². The van der Waals surface area contributed by atoms with Crippen LogP contribution in [0.15, 0.2) is 35.1 Å². The third-order valence-corrected chi connectivity index (χ3v) is 3.12. The van der Waals surface area contributed by atoms with E-state index in [1.165, 1.54) is 12.3 Å². The first-order chi connectivity index (χ1) is 9.47. The molecule has 2 aromatic heterocycles. The highest BCUT2D eigenvalue weighted by Crippen LogP contribution is 2.13. The molecule has 2 N–H and O–H groups in total. The van der Waals surface area contributed by atoms with Crippen LogP contribution in [0.4, 0.5) is 0 Å². The lowest BCUT2D eigenvalue weighted by molar-refractivity contribution is 0.0839. The smallest absolute Gasteiger partial charge is 0.288 e. The van der Waals surface area contributed by atoms with Crippen LogP contribution < -0.4 is 10.9 Å². The topological polar surface area (TPSA) is 76.0 Å². The Kier molecular flexibility index (Phi) is 4.41. The minimum Gasteiger partial charge on any atom is -0.345 e. The molecule has 2 rings (SSSR count). The second-order valence-electron chi connectivity index (χ2n) is 3.92. The van der Waals surface area contributed by atoms with Gasteiger partial charge in [0.1, 0.15) is 11.4 Å². The third kappa shape index (κ3) is 3.37. The van der Waals surface area contributed by atoms with Gasteiger partial charge in [-0.3, -0.25) is 25.4 Å². The number of nitrogens with one attached hydrogen (secondary N) is 2. The molecular weight excluding hydrogens is 348 g/mol. The van der Waals surface area contributed by atoms with Gasteiger partial charge in [0, 0.05) is 28.9 Å². The number of hydrogen-bond acceptors (Lipinski definition) is 3. The summed E-state index contributed by atoms with van der Waals surface area (Å²) in [5.41, 5.74) is 5.10. The molecule has 0 bridgehead atoms. The number of aromatic nitrogens is 2. The fourth-order valence-electron chi connectivity index (χ4n) is 1.52. The predicted molar refractivity (Wildman–Crippen MR) is 77.3 cm³/mol. The Morgan fingerprint density at radius 1 is 1.30 bits per heavy atom. The molecule has 2 aromatic rings. The van der Waals surface area contributed by atoms with Crippen LogP contribution in [0.3, 0.4) is 0 Å². The molecule has 20 heavy (non-hydrogen) atoms. The number of carbonyl (C=O) groups excluding carboxylic acids is 2. The summed E-state index contributed by atoms with van der Waals surface area (Å²) in [6, 6.07) is 4.60. The maximum Gasteiger partial charge on any atom is 0.288 e. The fraction of sp³-hybridized carbons (Fsp3) is 0.0833. The summed E-state index contributed by atoms with van der Waals surface area (Å²) in [5, 5.41) is 0.392. The molecule has 0 aliphatic heterocycles. The summed E-state index contributed by atoms with van der Waals surface area (Å²) >= 11 is 9.02. The van der Waals surface area contributed by atoms with Gasteiger partial charge in [0.25, 0.3) is 11.8 Å². The summed E-state index contributed by atoms with van der Waals surface area (Å²) < 4.78 is 2.40. The second kappa shape index (κ2) is 6.06. The van der Waals surface area contributed by atoms with Crippen molar-refractivity contribution in [2.24, 2.45) is 7.05 Å². The molecule has 0 aromatic carbocycles. The number of halogens is 2. The van der Waals surface area contributed by atoms with E-state index in [0.717, 1.165) is 4.47 Å². The van der Waals surface area contributed by atoms with Gasteiger partial charge in [0.2, 0.25) is 0 Å². The van der Waals surface area contributed by atoms with E-state index in [1.807, 2.05) is 0 Å². The summed E-state index contributed by atoms with van der Waals surface area (Å²) in [6.45, 7) is 0. The van der Waals surface area contributed by atoms with Crippen molar-refractivity contribution in [1.82, 2.24) is 20.4 Å². The molecule has 0 fully saturated rings. The predicted octanol–water partition coefficient (Wildman–Crippen LogP) is 1.91.